The Hall–Kier alpha value is -7.26. The molecule has 0 unspecified atom stereocenters. The van der Waals surface area contributed by atoms with Gasteiger partial charge in [-0.2, -0.15) is 0 Å². The first-order chi connectivity index (χ1) is 31.5. The van der Waals surface area contributed by atoms with Gasteiger partial charge in [0.05, 0.1) is 29.3 Å². The van der Waals surface area contributed by atoms with Crippen LogP contribution in [0.5, 0.6) is 0 Å². The van der Waals surface area contributed by atoms with E-state index in [1.165, 1.54) is 0 Å². The van der Waals surface area contributed by atoms with Crippen LogP contribution in [0.1, 0.15) is 53.1 Å². The number of hydrogen-bond donors (Lipinski definition) is 1. The molecular formula is C48H30Cl4N8O5. The van der Waals surface area contributed by atoms with Crippen molar-refractivity contribution in [3.05, 3.63) is 200 Å². The molecule has 0 radical (unpaired) electrons. The van der Waals surface area contributed by atoms with Crippen LogP contribution in [0.2, 0.25) is 20.1 Å². The third-order valence-electron chi connectivity index (χ3n) is 9.80. The summed E-state index contributed by atoms with van der Waals surface area (Å²) in [5.74, 6) is -2.56. The Bertz CT molecular complexity index is 2910. The second-order valence-corrected chi connectivity index (χ2v) is 15.8. The van der Waals surface area contributed by atoms with Gasteiger partial charge in [0.25, 0.3) is 11.8 Å². The van der Waals surface area contributed by atoms with Crippen molar-refractivity contribution in [2.75, 3.05) is 0 Å². The van der Waals surface area contributed by atoms with E-state index in [1.54, 1.807) is 134 Å². The lowest BCUT2D eigenvalue weighted by atomic mass is 10.0. The third kappa shape index (κ3) is 9.95. The largest absolute Gasteiger partial charge is 0.383 e. The highest BCUT2D eigenvalue weighted by atomic mass is 35.5. The lowest BCUT2D eigenvalue weighted by Gasteiger charge is -2.12. The molecule has 0 atom stereocenters. The van der Waals surface area contributed by atoms with Gasteiger partial charge in [-0.3, -0.25) is 24.5 Å². The quantitative estimate of drug-likeness (QED) is 0.0907. The van der Waals surface area contributed by atoms with E-state index in [0.717, 1.165) is 27.2 Å². The monoisotopic (exact) mass is 938 g/mol. The Morgan fingerprint density at radius 3 is 0.985 bits per heavy atom. The minimum absolute atomic E-state index is 0.0340. The fourth-order valence-corrected chi connectivity index (χ4v) is 7.06. The van der Waals surface area contributed by atoms with Gasteiger partial charge in [-0.1, -0.05) is 94.9 Å². The zero-order chi connectivity index (χ0) is 45.6. The molecule has 10 rings (SSSR count). The van der Waals surface area contributed by atoms with Crippen LogP contribution in [0.25, 0.3) is 45.0 Å². The molecule has 0 spiro atoms. The minimum Gasteiger partial charge on any atom is -0.383 e. The first kappa shape index (κ1) is 44.4. The average molecular weight is 941 g/mol. The van der Waals surface area contributed by atoms with Gasteiger partial charge in [-0.05, 0) is 83.9 Å². The van der Waals surface area contributed by atoms with Crippen LogP contribution in [-0.4, -0.2) is 58.6 Å². The molecule has 13 nitrogen and oxygen atoms in total. The first-order valence-corrected chi connectivity index (χ1v) is 21.0. The van der Waals surface area contributed by atoms with Crippen molar-refractivity contribution in [3.8, 4) is 45.0 Å². The van der Waals surface area contributed by atoms with Gasteiger partial charge in [-0.15, -0.1) is 0 Å². The van der Waals surface area contributed by atoms with E-state index >= 15 is 0 Å². The summed E-state index contributed by atoms with van der Waals surface area (Å²) in [5, 5.41) is 2.29. The molecule has 320 valence electrons. The predicted octanol–water partition coefficient (Wildman–Crippen LogP) is 10.3. The van der Waals surface area contributed by atoms with Crippen LogP contribution in [0.4, 0.5) is 0 Å². The van der Waals surface area contributed by atoms with E-state index in [9.17, 15) is 19.2 Å². The van der Waals surface area contributed by atoms with Crippen molar-refractivity contribution in [3.63, 3.8) is 0 Å². The topological polar surface area (TPSA) is 184 Å². The van der Waals surface area contributed by atoms with Gasteiger partial charge < -0.3 is 10.5 Å². The van der Waals surface area contributed by atoms with Gasteiger partial charge in [0.15, 0.2) is 22.8 Å². The molecule has 65 heavy (non-hydrogen) atoms. The number of cyclic esters (lactones) is 2. The van der Waals surface area contributed by atoms with Crippen LogP contribution in [0.15, 0.2) is 146 Å². The van der Waals surface area contributed by atoms with Crippen LogP contribution in [0, 0.1) is 0 Å². The molecule has 4 aromatic carbocycles. The summed E-state index contributed by atoms with van der Waals surface area (Å²) >= 11 is 24.0. The van der Waals surface area contributed by atoms with Crippen molar-refractivity contribution in [2.24, 2.45) is 5.73 Å². The van der Waals surface area contributed by atoms with Gasteiger partial charge >= 0.3 is 11.9 Å². The van der Waals surface area contributed by atoms with Gasteiger partial charge in [-0.25, -0.2) is 29.5 Å². The number of ether oxygens (including phenoxy) is 1. The highest BCUT2D eigenvalue weighted by Crippen LogP contribution is 2.35. The number of rotatable bonds is 7. The van der Waals surface area contributed by atoms with E-state index < -0.39 is 23.8 Å². The number of benzene rings is 4. The molecule has 2 N–H and O–H groups in total. The van der Waals surface area contributed by atoms with Crippen molar-refractivity contribution in [2.45, 2.75) is 13.1 Å². The molecule has 0 saturated heterocycles. The molecular weight excluding hydrogens is 910 g/mol. The lowest BCUT2D eigenvalue weighted by Crippen LogP contribution is -2.29. The highest BCUT2D eigenvalue weighted by molar-refractivity contribution is 6.31. The lowest BCUT2D eigenvalue weighted by molar-refractivity contribution is 0.0438. The Balaban J connectivity index is 0.000000155. The van der Waals surface area contributed by atoms with Crippen molar-refractivity contribution in [1.29, 1.82) is 0 Å². The number of carbonyl (C=O) groups excluding carboxylic acids is 4. The van der Waals surface area contributed by atoms with Crippen molar-refractivity contribution >= 4 is 70.2 Å². The second-order valence-electron chi connectivity index (χ2n) is 14.1. The Labute approximate surface area is 390 Å². The van der Waals surface area contributed by atoms with E-state index in [0.29, 0.717) is 60.5 Å². The molecule has 0 aliphatic carbocycles. The van der Waals surface area contributed by atoms with Crippen LogP contribution in [-0.2, 0) is 17.8 Å². The summed E-state index contributed by atoms with van der Waals surface area (Å²) in [6, 6.07) is 35.3. The average Bonchev–Trinajstić information content (AvgIpc) is 3.74. The van der Waals surface area contributed by atoms with E-state index in [4.69, 9.17) is 52.1 Å². The first-order valence-electron chi connectivity index (χ1n) is 19.5. The van der Waals surface area contributed by atoms with E-state index in [2.05, 4.69) is 34.6 Å². The molecule has 0 bridgehead atoms. The number of nitrogens with two attached hydrogens (primary N) is 1. The van der Waals surface area contributed by atoms with E-state index in [1.807, 2.05) is 12.1 Å². The standard InChI is InChI=1S/C24H14Cl2N4O2.C18H8Cl2N2O3.C6H8N2/c25-17-5-1-15(2-6-17)19-20(16-3-7-18(26)8-4-16)29-22-21(28-19)23(31)30(24(22)32)13-14-9-11-27-12-10-14;19-11-5-1-9(2-6-11)13-14(10-3-7-12(20)8-4-10)22-16-15(21-13)17(23)25-18(16)24;7-5-6-1-3-8-4-2-6/h1-12H,13H2;1-8H;1-4H,5,7H2. The van der Waals surface area contributed by atoms with Crippen molar-refractivity contribution < 1.29 is 23.9 Å². The third-order valence-corrected chi connectivity index (χ3v) is 10.8. The molecule has 17 heteroatoms. The molecule has 2 amide bonds. The SMILES string of the molecule is NCc1ccncc1.O=C1OC(=O)c2nc(-c3ccc(Cl)cc3)c(-c3ccc(Cl)cc3)nc21.O=C1c2nc(-c3ccc(Cl)cc3)c(-c3ccc(Cl)cc3)nc2C(=O)N1Cc1ccncc1. The number of aromatic nitrogens is 6. The summed E-state index contributed by atoms with van der Waals surface area (Å²) in [6.07, 6.45) is 6.70. The van der Waals surface area contributed by atoms with E-state index in [-0.39, 0.29) is 29.3 Å². The normalized spacial score (nSPS) is 12.4. The Morgan fingerprint density at radius 1 is 0.400 bits per heavy atom. The summed E-state index contributed by atoms with van der Waals surface area (Å²) in [7, 11) is 0. The smallest absolute Gasteiger partial charge is 0.367 e. The highest BCUT2D eigenvalue weighted by Gasteiger charge is 2.40. The molecule has 6 heterocycles. The Kier molecular flexibility index (Phi) is 13.4. The Morgan fingerprint density at radius 2 is 0.692 bits per heavy atom. The molecule has 0 saturated carbocycles. The summed E-state index contributed by atoms with van der Waals surface area (Å²) in [6.45, 7) is 0.716. The van der Waals surface area contributed by atoms with Gasteiger partial charge in [0.2, 0.25) is 0 Å². The summed E-state index contributed by atoms with van der Waals surface area (Å²) in [4.78, 5) is 76.7. The van der Waals surface area contributed by atoms with Gasteiger partial charge in [0, 0.05) is 73.7 Å². The predicted molar refractivity (Wildman–Crippen MR) is 246 cm³/mol. The fourth-order valence-electron chi connectivity index (χ4n) is 6.55. The number of imide groups is 1. The number of carbonyl (C=O) groups is 4. The number of nitrogens with zero attached hydrogens (tertiary/aromatic N) is 7. The van der Waals surface area contributed by atoms with Crippen LogP contribution in [0.3, 0.4) is 0 Å². The molecule has 0 fully saturated rings. The number of fused-ring (bicyclic) bond motifs is 2. The fraction of sp³-hybridized carbons (Fsp3) is 0.0417. The minimum atomic E-state index is -0.801. The molecule has 4 aromatic heterocycles. The summed E-state index contributed by atoms with van der Waals surface area (Å²) in [5.41, 5.74) is 11.8. The van der Waals surface area contributed by atoms with Crippen molar-refractivity contribution in [1.82, 2.24) is 34.8 Å². The van der Waals surface area contributed by atoms with Gasteiger partial charge in [0.1, 0.15) is 0 Å². The summed E-state index contributed by atoms with van der Waals surface area (Å²) < 4.78 is 4.61. The number of pyridine rings is 2. The molecule has 8 aromatic rings. The number of esters is 2. The zero-order valence-electron chi connectivity index (χ0n) is 33.5. The van der Waals surface area contributed by atoms with Crippen LogP contribution >= 0.6 is 46.4 Å². The maximum absolute atomic E-state index is 13.1. The maximum Gasteiger partial charge on any atom is 0.367 e. The number of amides is 2. The molecule has 2 aliphatic heterocycles. The zero-order valence-corrected chi connectivity index (χ0v) is 36.6. The van der Waals surface area contributed by atoms with Crippen LogP contribution < -0.4 is 5.73 Å². The number of hydrogen-bond acceptors (Lipinski definition) is 12. The molecule has 2 aliphatic rings. The number of halogens is 4. The second kappa shape index (κ2) is 19.6. The maximum atomic E-state index is 13.1.